The summed E-state index contributed by atoms with van der Waals surface area (Å²) in [4.78, 5) is 12.4. The Morgan fingerprint density at radius 3 is 2.62 bits per heavy atom. The van der Waals surface area contributed by atoms with E-state index in [1.807, 2.05) is 30.3 Å². The van der Waals surface area contributed by atoms with E-state index in [-0.39, 0.29) is 17.5 Å². The zero-order chi connectivity index (χ0) is 17.3. The number of nitrogens with zero attached hydrogens (tertiary/aromatic N) is 2. The number of benzene rings is 2. The summed E-state index contributed by atoms with van der Waals surface area (Å²) in [6.07, 6.45) is 0.294. The summed E-state index contributed by atoms with van der Waals surface area (Å²) in [6, 6.07) is 11.4. The molecule has 0 saturated heterocycles. The van der Waals surface area contributed by atoms with Gasteiger partial charge in [0.2, 0.25) is 0 Å². The molecule has 2 atom stereocenters. The van der Waals surface area contributed by atoms with Crippen molar-refractivity contribution < 1.29 is 13.6 Å². The Balaban J connectivity index is 2.02. The van der Waals surface area contributed by atoms with Crippen LogP contribution in [0, 0.1) is 11.6 Å². The molecule has 0 aromatic heterocycles. The molecule has 0 spiro atoms. The highest BCUT2D eigenvalue weighted by molar-refractivity contribution is 6.03. The van der Waals surface area contributed by atoms with Gasteiger partial charge < -0.3 is 5.73 Å². The minimum atomic E-state index is -0.739. The number of hydrogen-bond acceptors (Lipinski definition) is 3. The van der Waals surface area contributed by atoms with E-state index in [0.29, 0.717) is 12.1 Å². The predicted molar refractivity (Wildman–Crippen MR) is 87.2 cm³/mol. The van der Waals surface area contributed by atoms with E-state index in [1.165, 1.54) is 5.01 Å². The van der Waals surface area contributed by atoms with E-state index < -0.39 is 17.7 Å². The fourth-order valence-corrected chi connectivity index (χ4v) is 2.74. The molecule has 0 radical (unpaired) electrons. The molecule has 0 bridgehead atoms. The first-order chi connectivity index (χ1) is 11.5. The van der Waals surface area contributed by atoms with E-state index >= 15 is 0 Å². The van der Waals surface area contributed by atoms with Crippen molar-refractivity contribution in [3.8, 4) is 0 Å². The van der Waals surface area contributed by atoms with Crippen molar-refractivity contribution >= 4 is 11.6 Å². The zero-order valence-corrected chi connectivity index (χ0v) is 13.1. The number of hydrogen-bond donors (Lipinski definition) is 1. The lowest BCUT2D eigenvalue weighted by Crippen LogP contribution is -2.39. The van der Waals surface area contributed by atoms with Crippen LogP contribution in [0.5, 0.6) is 0 Å². The first-order valence-electron chi connectivity index (χ1n) is 7.64. The van der Waals surface area contributed by atoms with Crippen LogP contribution >= 0.6 is 0 Å². The normalized spacial score (nSPS) is 18.4. The van der Waals surface area contributed by atoms with Gasteiger partial charge >= 0.3 is 0 Å². The lowest BCUT2D eigenvalue weighted by molar-refractivity contribution is -0.134. The second-order valence-electron chi connectivity index (χ2n) is 5.77. The first kappa shape index (κ1) is 16.3. The van der Waals surface area contributed by atoms with Crippen molar-refractivity contribution in [3.05, 3.63) is 71.3 Å². The number of hydrazone groups is 1. The van der Waals surface area contributed by atoms with Crippen molar-refractivity contribution in [1.82, 2.24) is 5.01 Å². The molecule has 4 nitrogen and oxygen atoms in total. The van der Waals surface area contributed by atoms with Gasteiger partial charge in [0.1, 0.15) is 11.6 Å². The summed E-state index contributed by atoms with van der Waals surface area (Å²) in [6.45, 7) is 1.57. The quantitative estimate of drug-likeness (QED) is 0.941. The van der Waals surface area contributed by atoms with Crippen LogP contribution in [0.2, 0.25) is 0 Å². The number of nitrogens with two attached hydrogens (primary N) is 1. The molecule has 3 rings (SSSR count). The highest BCUT2D eigenvalue weighted by Gasteiger charge is 2.35. The molecule has 6 heteroatoms. The Morgan fingerprint density at radius 2 is 1.96 bits per heavy atom. The summed E-state index contributed by atoms with van der Waals surface area (Å²) >= 11 is 0. The van der Waals surface area contributed by atoms with Gasteiger partial charge in [-0.1, -0.05) is 30.3 Å². The molecule has 0 aliphatic carbocycles. The lowest BCUT2D eigenvalue weighted by Gasteiger charge is -2.23. The second kappa shape index (κ2) is 6.49. The molecule has 1 heterocycles. The SMILES string of the molecule is CC(N)C(=O)N1N=C(c2cc(F)ccc2F)CC1c1ccccc1. The third kappa shape index (κ3) is 3.05. The Bertz CT molecular complexity index is 790. The van der Waals surface area contributed by atoms with E-state index in [2.05, 4.69) is 5.10 Å². The molecule has 1 aliphatic rings. The van der Waals surface area contributed by atoms with Gasteiger partial charge in [-0.3, -0.25) is 4.79 Å². The van der Waals surface area contributed by atoms with Crippen LogP contribution in [-0.2, 0) is 4.79 Å². The summed E-state index contributed by atoms with van der Waals surface area (Å²) in [5, 5.41) is 5.53. The number of rotatable bonds is 3. The van der Waals surface area contributed by atoms with Crippen LogP contribution in [-0.4, -0.2) is 22.7 Å². The van der Waals surface area contributed by atoms with Crippen LogP contribution in [0.3, 0.4) is 0 Å². The van der Waals surface area contributed by atoms with E-state index in [9.17, 15) is 13.6 Å². The predicted octanol–water partition coefficient (Wildman–Crippen LogP) is 2.99. The maximum Gasteiger partial charge on any atom is 0.259 e. The van der Waals surface area contributed by atoms with Gasteiger partial charge in [0.25, 0.3) is 5.91 Å². The summed E-state index contributed by atoms with van der Waals surface area (Å²) in [5.74, 6) is -1.49. The Morgan fingerprint density at radius 1 is 1.25 bits per heavy atom. The second-order valence-corrected chi connectivity index (χ2v) is 5.77. The van der Waals surface area contributed by atoms with E-state index in [0.717, 1.165) is 23.8 Å². The third-order valence-electron chi connectivity index (χ3n) is 3.95. The molecule has 2 aromatic carbocycles. The van der Waals surface area contributed by atoms with Crippen LogP contribution in [0.4, 0.5) is 8.78 Å². The van der Waals surface area contributed by atoms with E-state index in [4.69, 9.17) is 5.73 Å². The largest absolute Gasteiger partial charge is 0.320 e. The molecular formula is C18H17F2N3O. The smallest absolute Gasteiger partial charge is 0.259 e. The number of carbonyl (C=O) groups is 1. The molecule has 24 heavy (non-hydrogen) atoms. The topological polar surface area (TPSA) is 58.7 Å². The van der Waals surface area contributed by atoms with Crippen molar-refractivity contribution in [3.63, 3.8) is 0 Å². The molecule has 124 valence electrons. The molecule has 1 aliphatic heterocycles. The minimum Gasteiger partial charge on any atom is -0.320 e. The van der Waals surface area contributed by atoms with Gasteiger partial charge in [0.15, 0.2) is 0 Å². The molecule has 2 unspecified atom stereocenters. The molecule has 0 fully saturated rings. The minimum absolute atomic E-state index is 0.0657. The van der Waals surface area contributed by atoms with Crippen molar-refractivity contribution in [2.75, 3.05) is 0 Å². The first-order valence-corrected chi connectivity index (χ1v) is 7.64. The summed E-state index contributed by atoms with van der Waals surface area (Å²) in [7, 11) is 0. The highest BCUT2D eigenvalue weighted by Crippen LogP contribution is 2.33. The fraction of sp³-hybridized carbons (Fsp3) is 0.222. The number of carbonyl (C=O) groups excluding carboxylic acids is 1. The van der Waals surface area contributed by atoms with Gasteiger partial charge in [-0.2, -0.15) is 5.10 Å². The molecule has 2 aromatic rings. The maximum absolute atomic E-state index is 14.1. The van der Waals surface area contributed by atoms with Crippen LogP contribution in [0.1, 0.15) is 30.5 Å². The highest BCUT2D eigenvalue weighted by atomic mass is 19.1. The Labute approximate surface area is 138 Å². The average Bonchev–Trinajstić information content (AvgIpc) is 3.02. The Hall–Kier alpha value is -2.60. The number of halogens is 2. The third-order valence-corrected chi connectivity index (χ3v) is 3.95. The number of amides is 1. The summed E-state index contributed by atoms with van der Waals surface area (Å²) < 4.78 is 27.5. The van der Waals surface area contributed by atoms with Crippen LogP contribution in [0.25, 0.3) is 0 Å². The van der Waals surface area contributed by atoms with Gasteiger partial charge in [-0.05, 0) is 30.7 Å². The molecule has 1 amide bonds. The van der Waals surface area contributed by atoms with Crippen molar-refractivity contribution in [2.45, 2.75) is 25.4 Å². The Kier molecular flexibility index (Phi) is 4.40. The molecule has 0 saturated carbocycles. The lowest BCUT2D eigenvalue weighted by atomic mass is 9.98. The van der Waals surface area contributed by atoms with Gasteiger partial charge in [-0.25, -0.2) is 13.8 Å². The fourth-order valence-electron chi connectivity index (χ4n) is 2.74. The van der Waals surface area contributed by atoms with Gasteiger partial charge in [0, 0.05) is 12.0 Å². The standard InChI is InChI=1S/C18H17F2N3O/c1-11(21)18(24)23-17(12-5-3-2-4-6-12)10-16(22-23)14-9-13(19)7-8-15(14)20/h2-9,11,17H,10,21H2,1H3. The van der Waals surface area contributed by atoms with E-state index in [1.54, 1.807) is 6.92 Å². The monoisotopic (exact) mass is 329 g/mol. The molecular weight excluding hydrogens is 312 g/mol. The summed E-state index contributed by atoms with van der Waals surface area (Å²) in [5.41, 5.74) is 6.96. The van der Waals surface area contributed by atoms with Crippen molar-refractivity contribution in [2.24, 2.45) is 10.8 Å². The van der Waals surface area contributed by atoms with Gasteiger partial charge in [-0.15, -0.1) is 0 Å². The maximum atomic E-state index is 14.1. The van der Waals surface area contributed by atoms with Crippen LogP contribution in [0.15, 0.2) is 53.6 Å². The van der Waals surface area contributed by atoms with Gasteiger partial charge in [0.05, 0.1) is 17.8 Å². The zero-order valence-electron chi connectivity index (χ0n) is 13.1. The average molecular weight is 329 g/mol. The van der Waals surface area contributed by atoms with Crippen LogP contribution < -0.4 is 5.73 Å². The molecule has 2 N–H and O–H groups in total. The van der Waals surface area contributed by atoms with Crippen molar-refractivity contribution in [1.29, 1.82) is 0 Å².